The number of amides is 1. The summed E-state index contributed by atoms with van der Waals surface area (Å²) in [7, 11) is 1.13. The van der Waals surface area contributed by atoms with Crippen molar-refractivity contribution < 1.29 is 23.9 Å². The molecule has 21 heavy (non-hydrogen) atoms. The van der Waals surface area contributed by atoms with Crippen LogP contribution in [0.4, 0.5) is 4.79 Å². The van der Waals surface area contributed by atoms with Gasteiger partial charge in [0.2, 0.25) is 0 Å². The van der Waals surface area contributed by atoms with Gasteiger partial charge < -0.3 is 14.8 Å². The number of hydrogen-bond acceptors (Lipinski definition) is 6. The summed E-state index contributed by atoms with van der Waals surface area (Å²) >= 11 is 0. The minimum Gasteiger partial charge on any atom is -0.467 e. The van der Waals surface area contributed by atoms with Gasteiger partial charge in [-0.15, -0.1) is 0 Å². The number of Topliss-reactive ketones (excluding diaryl/α,β-unsaturated/α-hetero) is 1. The van der Waals surface area contributed by atoms with Crippen LogP contribution in [0.1, 0.15) is 31.1 Å². The van der Waals surface area contributed by atoms with Crippen LogP contribution in [0.25, 0.3) is 0 Å². The van der Waals surface area contributed by atoms with Gasteiger partial charge in [-0.3, -0.25) is 9.78 Å². The maximum absolute atomic E-state index is 12.2. The Bertz CT molecular complexity index is 522. The third kappa shape index (κ3) is 5.21. The Hall–Kier alpha value is -2.44. The SMILES string of the molecule is COC(=O)C(NC(=O)OC(C)(C)C)C(=O)c1ccncc1. The fourth-order valence-electron chi connectivity index (χ4n) is 1.46. The van der Waals surface area contributed by atoms with Crippen LogP contribution in [0.15, 0.2) is 24.5 Å². The molecule has 0 aliphatic heterocycles. The molecule has 1 amide bonds. The number of ether oxygens (including phenoxy) is 2. The van der Waals surface area contributed by atoms with Crippen molar-refractivity contribution in [2.24, 2.45) is 0 Å². The third-order valence-electron chi connectivity index (χ3n) is 2.32. The lowest BCUT2D eigenvalue weighted by molar-refractivity contribution is -0.141. The van der Waals surface area contributed by atoms with Gasteiger partial charge in [-0.1, -0.05) is 0 Å². The number of carbonyl (C=O) groups is 3. The van der Waals surface area contributed by atoms with Gasteiger partial charge in [0.25, 0.3) is 0 Å². The molecule has 7 nitrogen and oxygen atoms in total. The predicted octanol–water partition coefficient (Wildman–Crippen LogP) is 1.33. The molecule has 0 radical (unpaired) electrons. The molecule has 1 unspecified atom stereocenters. The summed E-state index contributed by atoms with van der Waals surface area (Å²) < 4.78 is 9.57. The maximum atomic E-state index is 12.2. The van der Waals surface area contributed by atoms with Crippen molar-refractivity contribution in [3.63, 3.8) is 0 Å². The number of methoxy groups -OCH3 is 1. The fraction of sp³-hybridized carbons (Fsp3) is 0.429. The molecule has 0 bridgehead atoms. The van der Waals surface area contributed by atoms with Crippen molar-refractivity contribution in [3.05, 3.63) is 30.1 Å². The molecule has 1 atom stereocenters. The number of pyridine rings is 1. The van der Waals surface area contributed by atoms with Crippen molar-refractivity contribution in [1.29, 1.82) is 0 Å². The minimum atomic E-state index is -1.47. The monoisotopic (exact) mass is 294 g/mol. The van der Waals surface area contributed by atoms with E-state index in [1.165, 1.54) is 24.5 Å². The van der Waals surface area contributed by atoms with Gasteiger partial charge in [0.15, 0.2) is 11.8 Å². The summed E-state index contributed by atoms with van der Waals surface area (Å²) in [5.41, 5.74) is -0.513. The summed E-state index contributed by atoms with van der Waals surface area (Å²) in [6.45, 7) is 5.01. The average molecular weight is 294 g/mol. The highest BCUT2D eigenvalue weighted by Crippen LogP contribution is 2.09. The van der Waals surface area contributed by atoms with E-state index in [-0.39, 0.29) is 5.56 Å². The molecule has 0 saturated heterocycles. The number of aromatic nitrogens is 1. The first kappa shape index (κ1) is 16.6. The molecule has 1 rings (SSSR count). The van der Waals surface area contributed by atoms with Gasteiger partial charge in [0, 0.05) is 18.0 Å². The Morgan fingerprint density at radius 2 is 1.76 bits per heavy atom. The second-order valence-corrected chi connectivity index (χ2v) is 5.20. The van der Waals surface area contributed by atoms with Crippen LogP contribution in [-0.2, 0) is 14.3 Å². The first-order chi connectivity index (χ1) is 9.74. The number of hydrogen-bond donors (Lipinski definition) is 1. The molecular formula is C14H18N2O5. The zero-order valence-electron chi connectivity index (χ0n) is 12.4. The van der Waals surface area contributed by atoms with E-state index in [1.807, 2.05) is 0 Å². The van der Waals surface area contributed by atoms with Crippen molar-refractivity contribution >= 4 is 17.8 Å². The standard InChI is InChI=1S/C14H18N2O5/c1-14(2,3)21-13(19)16-10(12(18)20-4)11(17)9-5-7-15-8-6-9/h5-8,10H,1-4H3,(H,16,19). The first-order valence-electron chi connectivity index (χ1n) is 6.26. The van der Waals surface area contributed by atoms with Crippen LogP contribution < -0.4 is 5.32 Å². The van der Waals surface area contributed by atoms with E-state index in [1.54, 1.807) is 20.8 Å². The van der Waals surface area contributed by atoms with Crippen molar-refractivity contribution in [2.45, 2.75) is 32.4 Å². The lowest BCUT2D eigenvalue weighted by Gasteiger charge is -2.22. The van der Waals surface area contributed by atoms with Crippen molar-refractivity contribution in [2.75, 3.05) is 7.11 Å². The summed E-state index contributed by atoms with van der Waals surface area (Å²) in [4.78, 5) is 39.4. The second-order valence-electron chi connectivity index (χ2n) is 5.20. The van der Waals surface area contributed by atoms with E-state index < -0.39 is 29.5 Å². The van der Waals surface area contributed by atoms with Crippen LogP contribution in [0.3, 0.4) is 0 Å². The Balaban J connectivity index is 2.89. The summed E-state index contributed by atoms with van der Waals surface area (Å²) in [5, 5.41) is 2.22. The van der Waals surface area contributed by atoms with Crippen molar-refractivity contribution in [1.82, 2.24) is 10.3 Å². The predicted molar refractivity (Wildman–Crippen MR) is 73.7 cm³/mol. The highest BCUT2D eigenvalue weighted by Gasteiger charge is 2.31. The number of ketones is 1. The lowest BCUT2D eigenvalue weighted by atomic mass is 10.1. The van der Waals surface area contributed by atoms with Gasteiger partial charge in [-0.2, -0.15) is 0 Å². The van der Waals surface area contributed by atoms with Crippen molar-refractivity contribution in [3.8, 4) is 0 Å². The van der Waals surface area contributed by atoms with E-state index in [0.29, 0.717) is 0 Å². The Morgan fingerprint density at radius 3 is 2.24 bits per heavy atom. The van der Waals surface area contributed by atoms with E-state index >= 15 is 0 Å². The van der Waals surface area contributed by atoms with Crippen LogP contribution in [0.5, 0.6) is 0 Å². The normalized spacial score (nSPS) is 12.2. The van der Waals surface area contributed by atoms with E-state index in [4.69, 9.17) is 4.74 Å². The second kappa shape index (κ2) is 6.83. The van der Waals surface area contributed by atoms with Crippen LogP contribution in [-0.4, -0.2) is 41.6 Å². The molecule has 0 spiro atoms. The summed E-state index contributed by atoms with van der Waals surface area (Å²) in [6, 6.07) is 1.41. The van der Waals surface area contributed by atoms with E-state index in [2.05, 4.69) is 15.0 Å². The maximum Gasteiger partial charge on any atom is 0.408 e. The molecule has 7 heteroatoms. The molecule has 0 aromatic carbocycles. The quantitative estimate of drug-likeness (QED) is 0.511. The number of nitrogens with one attached hydrogen (secondary N) is 1. The Morgan fingerprint density at radius 1 is 1.19 bits per heavy atom. The number of rotatable bonds is 4. The topological polar surface area (TPSA) is 94.6 Å². The molecular weight excluding hydrogens is 276 g/mol. The van der Waals surface area contributed by atoms with E-state index in [0.717, 1.165) is 7.11 Å². The van der Waals surface area contributed by atoms with Gasteiger partial charge in [-0.25, -0.2) is 9.59 Å². The van der Waals surface area contributed by atoms with Gasteiger partial charge in [0.1, 0.15) is 5.60 Å². The Labute approximate surface area is 122 Å². The summed E-state index contributed by atoms with van der Waals surface area (Å²) in [5.74, 6) is -1.47. The highest BCUT2D eigenvalue weighted by atomic mass is 16.6. The van der Waals surface area contributed by atoms with Gasteiger partial charge in [0.05, 0.1) is 7.11 Å². The van der Waals surface area contributed by atoms with Gasteiger partial charge >= 0.3 is 12.1 Å². The highest BCUT2D eigenvalue weighted by molar-refractivity contribution is 6.13. The molecule has 0 aliphatic carbocycles. The van der Waals surface area contributed by atoms with Crippen LogP contribution >= 0.6 is 0 Å². The molecule has 1 aromatic rings. The zero-order valence-corrected chi connectivity index (χ0v) is 12.4. The fourth-order valence-corrected chi connectivity index (χ4v) is 1.46. The summed E-state index contributed by atoms with van der Waals surface area (Å²) in [6.07, 6.45) is 1.95. The third-order valence-corrected chi connectivity index (χ3v) is 2.32. The number of esters is 1. The largest absolute Gasteiger partial charge is 0.467 e. The first-order valence-corrected chi connectivity index (χ1v) is 6.26. The van der Waals surface area contributed by atoms with Gasteiger partial charge in [-0.05, 0) is 32.9 Å². The zero-order chi connectivity index (χ0) is 16.0. The molecule has 0 fully saturated rings. The molecule has 1 heterocycles. The van der Waals surface area contributed by atoms with Crippen LogP contribution in [0, 0.1) is 0 Å². The smallest absolute Gasteiger partial charge is 0.408 e. The van der Waals surface area contributed by atoms with E-state index in [9.17, 15) is 14.4 Å². The minimum absolute atomic E-state index is 0.233. The molecule has 1 N–H and O–H groups in total. The molecule has 114 valence electrons. The average Bonchev–Trinajstić information content (AvgIpc) is 2.42. The van der Waals surface area contributed by atoms with Crippen LogP contribution in [0.2, 0.25) is 0 Å². The Kier molecular flexibility index (Phi) is 5.40. The number of alkyl carbamates (subject to hydrolysis) is 1. The molecule has 0 aliphatic rings. The number of carbonyl (C=O) groups excluding carboxylic acids is 3. The molecule has 0 saturated carbocycles. The molecule has 1 aromatic heterocycles. The lowest BCUT2D eigenvalue weighted by Crippen LogP contribution is -2.48. The number of nitrogens with zero attached hydrogens (tertiary/aromatic N) is 1.